The molecule has 0 bridgehead atoms. The van der Waals surface area contributed by atoms with Gasteiger partial charge in [-0.1, -0.05) is 141 Å². The minimum absolute atomic E-state index is 0.184. The lowest BCUT2D eigenvalue weighted by atomic mass is 9.81. The molecular weight excluding hydrogens is 571 g/mol. The third kappa shape index (κ3) is 5.01. The maximum Gasteiger partial charge on any atom is 0.160 e. The molecule has 0 aliphatic heterocycles. The van der Waals surface area contributed by atoms with Gasteiger partial charge in [0.15, 0.2) is 5.82 Å². The highest BCUT2D eigenvalue weighted by Crippen LogP contribution is 2.50. The molecule has 0 saturated heterocycles. The monoisotopic (exact) mass is 601 g/mol. The fourth-order valence-electron chi connectivity index (χ4n) is 6.84. The van der Waals surface area contributed by atoms with Crippen molar-refractivity contribution >= 4 is 0 Å². The zero-order valence-corrected chi connectivity index (χ0v) is 26.3. The fraction of sp³-hybridized carbons (Fsp3) is 0.0682. The largest absolute Gasteiger partial charge is 0.228 e. The van der Waals surface area contributed by atoms with Crippen LogP contribution in [0.1, 0.15) is 30.5 Å². The number of aromatic nitrogens is 2. The molecule has 7 aromatic rings. The first kappa shape index (κ1) is 28.4. The van der Waals surface area contributed by atoms with Crippen LogP contribution in [0, 0.1) is 11.3 Å². The van der Waals surface area contributed by atoms with E-state index in [-0.39, 0.29) is 5.41 Å². The minimum Gasteiger partial charge on any atom is -0.228 e. The molecule has 6 aromatic carbocycles. The number of hydrogen-bond acceptors (Lipinski definition) is 3. The predicted molar refractivity (Wildman–Crippen MR) is 191 cm³/mol. The summed E-state index contributed by atoms with van der Waals surface area (Å²) in [5.74, 6) is 0.695. The average molecular weight is 602 g/mol. The quantitative estimate of drug-likeness (QED) is 0.197. The minimum atomic E-state index is -0.184. The molecule has 1 aromatic heterocycles. The van der Waals surface area contributed by atoms with E-state index in [0.29, 0.717) is 5.82 Å². The van der Waals surface area contributed by atoms with Gasteiger partial charge in [-0.3, -0.25) is 0 Å². The molecule has 0 radical (unpaired) electrons. The van der Waals surface area contributed by atoms with Gasteiger partial charge in [0, 0.05) is 27.7 Å². The van der Waals surface area contributed by atoms with Crippen LogP contribution in [0.15, 0.2) is 152 Å². The van der Waals surface area contributed by atoms with Gasteiger partial charge in [0.25, 0.3) is 0 Å². The first-order valence-electron chi connectivity index (χ1n) is 15.9. The molecule has 3 nitrogen and oxygen atoms in total. The molecule has 1 heterocycles. The Morgan fingerprint density at radius 3 is 1.70 bits per heavy atom. The van der Waals surface area contributed by atoms with Crippen molar-refractivity contribution in [3.05, 3.63) is 168 Å². The van der Waals surface area contributed by atoms with Crippen molar-refractivity contribution in [2.45, 2.75) is 19.3 Å². The highest BCUT2D eigenvalue weighted by Gasteiger charge is 2.36. The van der Waals surface area contributed by atoms with Crippen LogP contribution in [-0.2, 0) is 5.41 Å². The summed E-state index contributed by atoms with van der Waals surface area (Å²) in [4.78, 5) is 10.1. The third-order valence-corrected chi connectivity index (χ3v) is 9.36. The normalized spacial score (nSPS) is 12.6. The van der Waals surface area contributed by atoms with E-state index in [0.717, 1.165) is 67.0 Å². The maximum atomic E-state index is 9.81. The van der Waals surface area contributed by atoms with E-state index in [9.17, 15) is 5.26 Å². The van der Waals surface area contributed by atoms with Crippen LogP contribution >= 0.6 is 0 Å². The number of fused-ring (bicyclic) bond motifs is 3. The Kier molecular flexibility index (Phi) is 6.85. The van der Waals surface area contributed by atoms with E-state index in [1.54, 1.807) is 0 Å². The van der Waals surface area contributed by atoms with Crippen LogP contribution in [-0.4, -0.2) is 9.97 Å². The Bertz CT molecular complexity index is 2310. The average Bonchev–Trinajstić information content (AvgIpc) is 3.38. The van der Waals surface area contributed by atoms with Gasteiger partial charge < -0.3 is 0 Å². The van der Waals surface area contributed by atoms with Crippen LogP contribution in [0.25, 0.3) is 67.3 Å². The summed E-state index contributed by atoms with van der Waals surface area (Å²) in [5, 5.41) is 9.81. The van der Waals surface area contributed by atoms with E-state index >= 15 is 0 Å². The van der Waals surface area contributed by atoms with Crippen molar-refractivity contribution in [2.75, 3.05) is 0 Å². The molecule has 1 aliphatic carbocycles. The third-order valence-electron chi connectivity index (χ3n) is 9.36. The number of benzene rings is 6. The van der Waals surface area contributed by atoms with Gasteiger partial charge in [0.1, 0.15) is 0 Å². The summed E-state index contributed by atoms with van der Waals surface area (Å²) in [7, 11) is 0. The van der Waals surface area contributed by atoms with Gasteiger partial charge in [0.05, 0.1) is 23.0 Å². The number of nitrogens with zero attached hydrogens (tertiary/aromatic N) is 3. The topological polar surface area (TPSA) is 49.6 Å². The number of hydrogen-bond donors (Lipinski definition) is 0. The molecule has 0 saturated carbocycles. The predicted octanol–water partition coefficient (Wildman–Crippen LogP) is 11.0. The summed E-state index contributed by atoms with van der Waals surface area (Å²) in [6.45, 7) is 4.50. The Labute approximate surface area is 275 Å². The summed E-state index contributed by atoms with van der Waals surface area (Å²) in [5.41, 5.74) is 14.6. The van der Waals surface area contributed by atoms with E-state index in [2.05, 4.69) is 135 Å². The molecule has 222 valence electrons. The smallest absolute Gasteiger partial charge is 0.160 e. The first-order valence-corrected chi connectivity index (χ1v) is 15.9. The van der Waals surface area contributed by atoms with Gasteiger partial charge in [0.2, 0.25) is 0 Å². The second-order valence-corrected chi connectivity index (χ2v) is 12.6. The molecular formula is C44H31N3. The maximum absolute atomic E-state index is 9.81. The molecule has 47 heavy (non-hydrogen) atoms. The first-order chi connectivity index (χ1) is 23.0. The van der Waals surface area contributed by atoms with Gasteiger partial charge in [-0.15, -0.1) is 0 Å². The lowest BCUT2D eigenvalue weighted by molar-refractivity contribution is 0.660. The van der Waals surface area contributed by atoms with Crippen LogP contribution in [0.5, 0.6) is 0 Å². The Morgan fingerprint density at radius 2 is 1.00 bits per heavy atom. The van der Waals surface area contributed by atoms with Crippen LogP contribution in [0.2, 0.25) is 0 Å². The molecule has 1 aliphatic rings. The number of nitriles is 1. The molecule has 8 rings (SSSR count). The highest BCUT2D eigenvalue weighted by molar-refractivity contribution is 5.87. The Balaban J connectivity index is 1.18. The molecule has 3 heteroatoms. The van der Waals surface area contributed by atoms with E-state index in [4.69, 9.17) is 9.97 Å². The summed E-state index contributed by atoms with van der Waals surface area (Å²) >= 11 is 0. The van der Waals surface area contributed by atoms with Crippen molar-refractivity contribution in [3.8, 4) is 73.4 Å². The molecule has 0 fully saturated rings. The fourth-order valence-corrected chi connectivity index (χ4v) is 6.84. The van der Waals surface area contributed by atoms with E-state index < -0.39 is 0 Å². The van der Waals surface area contributed by atoms with Crippen LogP contribution < -0.4 is 0 Å². The van der Waals surface area contributed by atoms with Gasteiger partial charge in [-0.25, -0.2) is 9.97 Å². The van der Waals surface area contributed by atoms with E-state index in [1.165, 1.54) is 11.1 Å². The van der Waals surface area contributed by atoms with Crippen molar-refractivity contribution < 1.29 is 0 Å². The second kappa shape index (κ2) is 11.4. The molecule has 0 N–H and O–H groups in total. The Hall–Kier alpha value is -6.11. The van der Waals surface area contributed by atoms with Crippen LogP contribution in [0.3, 0.4) is 0 Å². The molecule has 0 unspecified atom stereocenters. The summed E-state index contributed by atoms with van der Waals surface area (Å²) in [6, 6.07) is 55.0. The zero-order chi connectivity index (χ0) is 32.0. The number of rotatable bonds is 5. The van der Waals surface area contributed by atoms with Crippen molar-refractivity contribution in [1.29, 1.82) is 5.26 Å². The molecule has 0 spiro atoms. The highest BCUT2D eigenvalue weighted by atomic mass is 14.9. The van der Waals surface area contributed by atoms with Gasteiger partial charge in [-0.05, 0) is 63.2 Å². The summed E-state index contributed by atoms with van der Waals surface area (Å²) in [6.07, 6.45) is 0. The van der Waals surface area contributed by atoms with Gasteiger partial charge in [-0.2, -0.15) is 5.26 Å². The molecule has 0 atom stereocenters. The van der Waals surface area contributed by atoms with Crippen LogP contribution in [0.4, 0.5) is 0 Å². The second-order valence-electron chi connectivity index (χ2n) is 12.6. The zero-order valence-electron chi connectivity index (χ0n) is 26.3. The van der Waals surface area contributed by atoms with E-state index in [1.807, 2.05) is 36.4 Å². The summed E-state index contributed by atoms with van der Waals surface area (Å²) < 4.78 is 0. The Morgan fingerprint density at radius 1 is 0.468 bits per heavy atom. The standard InChI is InChI=1S/C44H31N3/c1-44(2)38-18-10-17-36(28-45)42(38)37-24-23-34(26-39(37)44)30-19-21-32(22-20-30)41-27-40(31-13-7-4-8-14-31)46-43(47-41)35-16-9-15-33(25-35)29-11-5-3-6-12-29/h3-27H,1-2H3. The van der Waals surface area contributed by atoms with Gasteiger partial charge >= 0.3 is 0 Å². The van der Waals surface area contributed by atoms with Crippen molar-refractivity contribution in [2.24, 2.45) is 0 Å². The lowest BCUT2D eigenvalue weighted by Crippen LogP contribution is -2.15. The van der Waals surface area contributed by atoms with Crippen molar-refractivity contribution in [3.63, 3.8) is 0 Å². The lowest BCUT2D eigenvalue weighted by Gasteiger charge is -2.22. The van der Waals surface area contributed by atoms with Crippen molar-refractivity contribution in [1.82, 2.24) is 9.97 Å². The molecule has 0 amide bonds. The SMILES string of the molecule is CC1(C)c2cc(-c3ccc(-c4cc(-c5ccccc5)nc(-c5cccc(-c6ccccc6)c5)n4)cc3)ccc2-c2c(C#N)cccc21.